The first-order valence-electron chi connectivity index (χ1n) is 4.89. The van der Waals surface area contributed by atoms with Crippen molar-refractivity contribution in [2.45, 2.75) is 26.2 Å². The van der Waals surface area contributed by atoms with Gasteiger partial charge in [-0.2, -0.15) is 9.61 Å². The van der Waals surface area contributed by atoms with Gasteiger partial charge in [-0.1, -0.05) is 25.2 Å². The largest absolute Gasteiger partial charge is 0.469 e. The highest BCUT2D eigenvalue weighted by Crippen LogP contribution is 2.18. The Morgan fingerprint density at radius 3 is 2.88 bits per heavy atom. The zero-order chi connectivity index (χ0) is 11.7. The Balaban J connectivity index is 2.33. The summed E-state index contributed by atoms with van der Waals surface area (Å²) in [5, 5.41) is 13.0. The van der Waals surface area contributed by atoms with Gasteiger partial charge in [-0.25, -0.2) is 0 Å². The van der Waals surface area contributed by atoms with Crippen LogP contribution in [0.15, 0.2) is 0 Å². The number of fused-ring (bicyclic) bond motifs is 1. The van der Waals surface area contributed by atoms with Crippen molar-refractivity contribution < 1.29 is 9.53 Å². The van der Waals surface area contributed by atoms with Crippen LogP contribution in [0.5, 0.6) is 0 Å². The SMILES string of the molecule is COC(=O)Cc1nn2c(C(C)C)nnc2s1. The van der Waals surface area contributed by atoms with Gasteiger partial charge in [0.25, 0.3) is 0 Å². The van der Waals surface area contributed by atoms with Crippen molar-refractivity contribution >= 4 is 22.3 Å². The number of esters is 1. The predicted octanol–water partition coefficient (Wildman–Crippen LogP) is 1.02. The third-order valence-corrected chi connectivity index (χ3v) is 3.00. The van der Waals surface area contributed by atoms with Gasteiger partial charge in [0.05, 0.1) is 13.5 Å². The van der Waals surface area contributed by atoms with Crippen molar-refractivity contribution in [1.82, 2.24) is 19.8 Å². The minimum atomic E-state index is -0.295. The second kappa shape index (κ2) is 4.17. The summed E-state index contributed by atoms with van der Waals surface area (Å²) >= 11 is 1.36. The van der Waals surface area contributed by atoms with Crippen LogP contribution in [0.1, 0.15) is 30.6 Å². The van der Waals surface area contributed by atoms with Crippen LogP contribution < -0.4 is 0 Å². The number of hydrogen-bond acceptors (Lipinski definition) is 6. The quantitative estimate of drug-likeness (QED) is 0.749. The first kappa shape index (κ1) is 11.0. The Morgan fingerprint density at radius 2 is 2.25 bits per heavy atom. The molecule has 2 aromatic rings. The molecule has 0 N–H and O–H groups in total. The third-order valence-electron chi connectivity index (χ3n) is 2.10. The average Bonchev–Trinajstić information content (AvgIpc) is 2.75. The molecule has 0 aliphatic carbocycles. The van der Waals surface area contributed by atoms with Crippen LogP contribution in [0.3, 0.4) is 0 Å². The fraction of sp³-hybridized carbons (Fsp3) is 0.556. The van der Waals surface area contributed by atoms with E-state index in [1.807, 2.05) is 13.8 Å². The zero-order valence-electron chi connectivity index (χ0n) is 9.30. The molecule has 0 amide bonds. The Hall–Kier alpha value is -1.50. The number of nitrogens with zero attached hydrogens (tertiary/aromatic N) is 4. The Kier molecular flexibility index (Phi) is 2.86. The number of carbonyl (C=O) groups excluding carboxylic acids is 1. The van der Waals surface area contributed by atoms with Gasteiger partial charge < -0.3 is 4.74 Å². The standard InChI is InChI=1S/C9H12N4O2S/c1-5(2)8-10-11-9-13(8)12-6(16-9)4-7(14)15-3/h5H,4H2,1-3H3. The van der Waals surface area contributed by atoms with Crippen molar-refractivity contribution in [2.24, 2.45) is 0 Å². The summed E-state index contributed by atoms with van der Waals surface area (Å²) in [5.41, 5.74) is 0. The molecule has 2 heterocycles. The molecule has 0 radical (unpaired) electrons. The lowest BCUT2D eigenvalue weighted by Gasteiger charge is -1.97. The Labute approximate surface area is 96.3 Å². The third kappa shape index (κ3) is 1.90. The lowest BCUT2D eigenvalue weighted by molar-refractivity contribution is -0.139. The summed E-state index contributed by atoms with van der Waals surface area (Å²) in [4.78, 5) is 11.8. The van der Waals surface area contributed by atoms with Crippen molar-refractivity contribution in [3.63, 3.8) is 0 Å². The van der Waals surface area contributed by atoms with E-state index in [0.29, 0.717) is 9.97 Å². The first-order valence-corrected chi connectivity index (χ1v) is 5.71. The van der Waals surface area contributed by atoms with Gasteiger partial charge >= 0.3 is 5.97 Å². The van der Waals surface area contributed by atoms with E-state index in [2.05, 4.69) is 20.0 Å². The van der Waals surface area contributed by atoms with Crippen molar-refractivity contribution in [3.05, 3.63) is 10.8 Å². The van der Waals surface area contributed by atoms with Gasteiger partial charge in [0.1, 0.15) is 5.01 Å². The summed E-state index contributed by atoms with van der Waals surface area (Å²) in [6.07, 6.45) is 0.183. The molecule has 0 aromatic carbocycles. The van der Waals surface area contributed by atoms with Crippen LogP contribution >= 0.6 is 11.3 Å². The topological polar surface area (TPSA) is 69.4 Å². The molecule has 0 aliphatic rings. The summed E-state index contributed by atoms with van der Waals surface area (Å²) in [6.45, 7) is 4.05. The van der Waals surface area contributed by atoms with E-state index < -0.39 is 0 Å². The maximum Gasteiger partial charge on any atom is 0.312 e. The van der Waals surface area contributed by atoms with E-state index in [1.54, 1.807) is 4.52 Å². The van der Waals surface area contributed by atoms with Crippen molar-refractivity contribution in [3.8, 4) is 0 Å². The highest BCUT2D eigenvalue weighted by Gasteiger charge is 2.15. The molecule has 2 aromatic heterocycles. The van der Waals surface area contributed by atoms with Crippen LogP contribution in [0.2, 0.25) is 0 Å². The lowest BCUT2D eigenvalue weighted by Crippen LogP contribution is -2.05. The second-order valence-corrected chi connectivity index (χ2v) is 4.70. The van der Waals surface area contributed by atoms with Gasteiger partial charge in [0, 0.05) is 5.92 Å². The summed E-state index contributed by atoms with van der Waals surface area (Å²) < 4.78 is 6.27. The molecular formula is C9H12N4O2S. The second-order valence-electron chi connectivity index (χ2n) is 3.66. The molecule has 0 fully saturated rings. The number of hydrogen-bond donors (Lipinski definition) is 0. The molecule has 0 atom stereocenters. The van der Waals surface area contributed by atoms with E-state index >= 15 is 0 Å². The van der Waals surface area contributed by atoms with Gasteiger partial charge in [-0.05, 0) is 0 Å². The number of rotatable bonds is 3. The summed E-state index contributed by atoms with van der Waals surface area (Å²) in [6, 6.07) is 0. The molecule has 16 heavy (non-hydrogen) atoms. The van der Waals surface area contributed by atoms with Crippen molar-refractivity contribution in [2.75, 3.05) is 7.11 Å². The molecule has 2 rings (SSSR count). The molecule has 0 saturated heterocycles. The van der Waals surface area contributed by atoms with E-state index in [9.17, 15) is 4.79 Å². The molecule has 0 spiro atoms. The van der Waals surface area contributed by atoms with Crippen LogP contribution in [-0.4, -0.2) is 32.9 Å². The van der Waals surface area contributed by atoms with E-state index in [4.69, 9.17) is 0 Å². The van der Waals surface area contributed by atoms with Crippen LogP contribution in [0.25, 0.3) is 4.96 Å². The van der Waals surface area contributed by atoms with Gasteiger partial charge in [0.2, 0.25) is 4.96 Å². The highest BCUT2D eigenvalue weighted by molar-refractivity contribution is 7.16. The van der Waals surface area contributed by atoms with Crippen LogP contribution in [0, 0.1) is 0 Å². The smallest absolute Gasteiger partial charge is 0.312 e. The van der Waals surface area contributed by atoms with Crippen LogP contribution in [0.4, 0.5) is 0 Å². The molecule has 0 saturated carbocycles. The van der Waals surface area contributed by atoms with E-state index in [-0.39, 0.29) is 18.3 Å². The minimum Gasteiger partial charge on any atom is -0.469 e. The lowest BCUT2D eigenvalue weighted by atomic mass is 10.2. The average molecular weight is 240 g/mol. The summed E-state index contributed by atoms with van der Waals surface area (Å²) in [7, 11) is 1.36. The number of methoxy groups -OCH3 is 1. The monoisotopic (exact) mass is 240 g/mol. The predicted molar refractivity (Wildman–Crippen MR) is 58.5 cm³/mol. The van der Waals surface area contributed by atoms with E-state index in [1.165, 1.54) is 18.4 Å². The number of ether oxygens (including phenoxy) is 1. The molecule has 0 aliphatic heterocycles. The molecule has 0 unspecified atom stereocenters. The highest BCUT2D eigenvalue weighted by atomic mass is 32.1. The zero-order valence-corrected chi connectivity index (χ0v) is 10.1. The van der Waals surface area contributed by atoms with Crippen molar-refractivity contribution in [1.29, 1.82) is 0 Å². The Bertz CT molecular complexity index is 517. The van der Waals surface area contributed by atoms with E-state index in [0.717, 1.165) is 5.82 Å². The van der Waals surface area contributed by atoms with Gasteiger partial charge in [0.15, 0.2) is 5.82 Å². The fourth-order valence-corrected chi connectivity index (χ4v) is 2.12. The maximum atomic E-state index is 11.1. The van der Waals surface area contributed by atoms with Gasteiger partial charge in [-0.3, -0.25) is 4.79 Å². The maximum absolute atomic E-state index is 11.1. The number of carbonyl (C=O) groups is 1. The normalized spacial score (nSPS) is 11.2. The summed E-state index contributed by atoms with van der Waals surface area (Å²) in [5.74, 6) is 0.765. The molecule has 86 valence electrons. The molecular weight excluding hydrogens is 228 g/mol. The number of aromatic nitrogens is 4. The Morgan fingerprint density at radius 1 is 1.50 bits per heavy atom. The molecule has 0 bridgehead atoms. The fourth-order valence-electron chi connectivity index (χ4n) is 1.30. The molecule has 6 nitrogen and oxygen atoms in total. The van der Waals surface area contributed by atoms with Gasteiger partial charge in [-0.15, -0.1) is 10.2 Å². The first-order chi connectivity index (χ1) is 7.61. The van der Waals surface area contributed by atoms with Crippen LogP contribution in [-0.2, 0) is 16.0 Å². The molecule has 7 heteroatoms. The minimum absolute atomic E-state index is 0.183.